The van der Waals surface area contributed by atoms with Gasteiger partial charge in [0.15, 0.2) is 12.0 Å². The molecule has 11 nitrogen and oxygen atoms in total. The van der Waals surface area contributed by atoms with Crippen LogP contribution in [0.5, 0.6) is 5.75 Å². The van der Waals surface area contributed by atoms with E-state index in [2.05, 4.69) is 15.9 Å². The minimum atomic E-state index is -4.68. The first kappa shape index (κ1) is 24.2. The summed E-state index contributed by atoms with van der Waals surface area (Å²) >= 11 is 3.17. The number of benzene rings is 1. The number of carbonyl (C=O) groups is 1. The second-order valence-corrected chi connectivity index (χ2v) is 9.12. The van der Waals surface area contributed by atoms with Crippen LogP contribution in [0.3, 0.4) is 0 Å². The highest BCUT2D eigenvalue weighted by Gasteiger charge is 2.51. The van der Waals surface area contributed by atoms with Gasteiger partial charge in [-0.1, -0.05) is 15.9 Å². The molecule has 7 atom stereocenters. The van der Waals surface area contributed by atoms with Crippen molar-refractivity contribution in [2.75, 3.05) is 13.2 Å². The second-order valence-electron chi connectivity index (χ2n) is 6.33. The lowest BCUT2D eigenvalue weighted by Crippen LogP contribution is -2.63. The van der Waals surface area contributed by atoms with Crippen molar-refractivity contribution in [3.05, 3.63) is 28.2 Å². The van der Waals surface area contributed by atoms with Crippen LogP contribution in [0.1, 0.15) is 18.3 Å². The Morgan fingerprint density at radius 3 is 2.52 bits per heavy atom. The second kappa shape index (κ2) is 9.82. The van der Waals surface area contributed by atoms with Crippen LogP contribution < -0.4 is 0 Å². The Labute approximate surface area is 174 Å². The number of phenolic OH excluding ortho intramolecular Hbond substituents is 1. The summed E-state index contributed by atoms with van der Waals surface area (Å²) in [4.78, 5) is 23.0. The van der Waals surface area contributed by atoms with E-state index in [0.29, 0.717) is 9.37 Å². The highest BCUT2D eigenvalue weighted by atomic mass is 79.9. The van der Waals surface area contributed by atoms with Crippen LogP contribution in [0.25, 0.3) is 0 Å². The van der Waals surface area contributed by atoms with Gasteiger partial charge >= 0.3 is 7.60 Å². The molecule has 1 heterocycles. The lowest BCUT2D eigenvalue weighted by Gasteiger charge is -2.45. The largest absolute Gasteiger partial charge is 0.508 e. The lowest BCUT2D eigenvalue weighted by molar-refractivity contribution is -0.262. The molecule has 0 saturated carbocycles. The van der Waals surface area contributed by atoms with Gasteiger partial charge in [0, 0.05) is 10.0 Å². The minimum absolute atomic E-state index is 0.0830. The van der Waals surface area contributed by atoms with Crippen LogP contribution in [0.15, 0.2) is 22.7 Å². The van der Waals surface area contributed by atoms with E-state index in [4.69, 9.17) is 9.26 Å². The molecule has 1 aliphatic heterocycles. The third-order valence-corrected chi connectivity index (χ3v) is 6.74. The molecule has 1 fully saturated rings. The zero-order valence-corrected chi connectivity index (χ0v) is 17.8. The van der Waals surface area contributed by atoms with Gasteiger partial charge in [-0.05, 0) is 25.1 Å². The maximum absolute atomic E-state index is 12.9. The summed E-state index contributed by atoms with van der Waals surface area (Å²) in [5.41, 5.74) is -0.192. The molecule has 0 aliphatic carbocycles. The molecule has 3 unspecified atom stereocenters. The third-order valence-electron chi connectivity index (χ3n) is 4.46. The number of halogens is 1. The van der Waals surface area contributed by atoms with E-state index in [9.17, 15) is 39.8 Å². The minimum Gasteiger partial charge on any atom is -0.508 e. The predicted octanol–water partition coefficient (Wildman–Crippen LogP) is -0.366. The Morgan fingerprint density at radius 1 is 1.31 bits per heavy atom. The first-order valence-electron chi connectivity index (χ1n) is 8.57. The molecule has 1 saturated heterocycles. The standard InChI is InChI=1S/C16H23BrNO10P/c1-2-27-29(25,26)16(9-5-8(17)3-4-10(9)21)18(7-20)15-14(24)13(23)12(22)11(6-19)28-15/h3-5,7,11-16,19,21-24H,2,6H2,1H3,(H,25,26)/t11-,12-,13+,14-,15?,16?/m1/s1. The summed E-state index contributed by atoms with van der Waals surface area (Å²) in [6.07, 6.45) is -8.42. The number of rotatable bonds is 8. The molecule has 1 aromatic rings. The van der Waals surface area contributed by atoms with Crippen molar-refractivity contribution < 1.29 is 49.0 Å². The Morgan fingerprint density at radius 2 is 1.97 bits per heavy atom. The number of aliphatic hydroxyl groups is 4. The van der Waals surface area contributed by atoms with Gasteiger partial charge in [0.1, 0.15) is 30.2 Å². The van der Waals surface area contributed by atoms with Gasteiger partial charge in [-0.2, -0.15) is 0 Å². The van der Waals surface area contributed by atoms with Crippen molar-refractivity contribution in [3.8, 4) is 5.75 Å². The number of hydrogen-bond donors (Lipinski definition) is 6. The van der Waals surface area contributed by atoms with Crippen LogP contribution in [0, 0.1) is 0 Å². The summed E-state index contributed by atoms with van der Waals surface area (Å²) in [5, 5.41) is 49.9. The maximum atomic E-state index is 12.9. The number of phenols is 1. The first-order chi connectivity index (χ1) is 13.6. The molecular weight excluding hydrogens is 477 g/mol. The summed E-state index contributed by atoms with van der Waals surface area (Å²) < 4.78 is 23.6. The van der Waals surface area contributed by atoms with E-state index in [1.54, 1.807) is 0 Å². The molecule has 0 spiro atoms. The van der Waals surface area contributed by atoms with Crippen molar-refractivity contribution in [1.29, 1.82) is 0 Å². The Balaban J connectivity index is 2.59. The molecule has 1 aliphatic rings. The number of amides is 1. The Bertz CT molecular complexity index is 765. The van der Waals surface area contributed by atoms with Crippen LogP contribution in [-0.2, 0) is 18.6 Å². The number of hydrogen-bond acceptors (Lipinski definition) is 9. The highest BCUT2D eigenvalue weighted by Crippen LogP contribution is 2.60. The number of aliphatic hydroxyl groups excluding tert-OH is 4. The van der Waals surface area contributed by atoms with E-state index in [-0.39, 0.29) is 18.6 Å². The molecule has 13 heteroatoms. The predicted molar refractivity (Wildman–Crippen MR) is 102 cm³/mol. The zero-order chi connectivity index (χ0) is 21.9. The zero-order valence-electron chi connectivity index (χ0n) is 15.3. The molecule has 1 aromatic carbocycles. The average Bonchev–Trinajstić information content (AvgIpc) is 2.67. The average molecular weight is 500 g/mol. The molecule has 0 aromatic heterocycles. The fourth-order valence-electron chi connectivity index (χ4n) is 3.08. The normalized spacial score (nSPS) is 30.4. The molecule has 29 heavy (non-hydrogen) atoms. The Hall–Kier alpha value is -1.08. The van der Waals surface area contributed by atoms with Gasteiger partial charge in [0.2, 0.25) is 6.41 Å². The smallest absolute Gasteiger partial charge is 0.355 e. The molecular formula is C16H23BrNO10P. The number of ether oxygens (including phenoxy) is 1. The lowest BCUT2D eigenvalue weighted by atomic mass is 9.97. The van der Waals surface area contributed by atoms with Crippen LogP contribution in [0.4, 0.5) is 0 Å². The SMILES string of the molecule is CCOP(=O)(O)C(c1cc(Br)ccc1O)N(C=O)C1O[C@H](CO)[C@@H](O)[C@H](O)[C@H]1O. The third kappa shape index (κ3) is 4.98. The first-order valence-corrected chi connectivity index (χ1v) is 11.0. The van der Waals surface area contributed by atoms with Crippen molar-refractivity contribution in [2.45, 2.75) is 43.4 Å². The molecule has 164 valence electrons. The number of aromatic hydroxyl groups is 1. The van der Waals surface area contributed by atoms with Crippen molar-refractivity contribution >= 4 is 29.9 Å². The van der Waals surface area contributed by atoms with Crippen LogP contribution in [0.2, 0.25) is 0 Å². The van der Waals surface area contributed by atoms with Gasteiger partial charge in [-0.3, -0.25) is 14.3 Å². The van der Waals surface area contributed by atoms with Crippen LogP contribution >= 0.6 is 23.5 Å². The van der Waals surface area contributed by atoms with E-state index in [1.807, 2.05) is 0 Å². The van der Waals surface area contributed by atoms with Crippen molar-refractivity contribution in [2.24, 2.45) is 0 Å². The number of carbonyl (C=O) groups excluding carboxylic acids is 1. The van der Waals surface area contributed by atoms with E-state index < -0.39 is 56.4 Å². The molecule has 0 radical (unpaired) electrons. The highest BCUT2D eigenvalue weighted by molar-refractivity contribution is 9.10. The van der Waals surface area contributed by atoms with Gasteiger partial charge in [0.05, 0.1) is 13.2 Å². The number of nitrogens with zero attached hydrogens (tertiary/aromatic N) is 1. The van der Waals surface area contributed by atoms with E-state index in [0.717, 1.165) is 0 Å². The van der Waals surface area contributed by atoms with E-state index in [1.165, 1.54) is 25.1 Å². The van der Waals surface area contributed by atoms with E-state index >= 15 is 0 Å². The molecule has 0 bridgehead atoms. The quantitative estimate of drug-likeness (QED) is 0.204. The fourth-order valence-corrected chi connectivity index (χ4v) is 5.05. The van der Waals surface area contributed by atoms with Gasteiger partial charge in [-0.15, -0.1) is 0 Å². The fraction of sp³-hybridized carbons (Fsp3) is 0.562. The summed E-state index contributed by atoms with van der Waals surface area (Å²) in [6, 6.07) is 3.95. The molecule has 2 rings (SSSR count). The topological polar surface area (TPSA) is 177 Å². The van der Waals surface area contributed by atoms with Gasteiger partial charge in [0.25, 0.3) is 0 Å². The summed E-state index contributed by atoms with van der Waals surface area (Å²) in [6.45, 7) is 0.476. The summed E-state index contributed by atoms with van der Waals surface area (Å²) in [5.74, 6) is -2.28. The van der Waals surface area contributed by atoms with Gasteiger partial charge in [-0.25, -0.2) is 0 Å². The Kier molecular flexibility index (Phi) is 8.19. The van der Waals surface area contributed by atoms with Crippen molar-refractivity contribution in [1.82, 2.24) is 4.90 Å². The summed E-state index contributed by atoms with van der Waals surface area (Å²) in [7, 11) is -4.68. The van der Waals surface area contributed by atoms with Crippen LogP contribution in [-0.4, -0.2) is 85.6 Å². The van der Waals surface area contributed by atoms with Gasteiger partial charge < -0.3 is 39.7 Å². The monoisotopic (exact) mass is 499 g/mol. The maximum Gasteiger partial charge on any atom is 0.355 e. The molecule has 6 N–H and O–H groups in total. The molecule has 1 amide bonds. The van der Waals surface area contributed by atoms with Crippen molar-refractivity contribution in [3.63, 3.8) is 0 Å².